The molecule has 0 radical (unpaired) electrons. The summed E-state index contributed by atoms with van der Waals surface area (Å²) in [6.45, 7) is 1.81. The molecule has 0 saturated carbocycles. The molecule has 4 heteroatoms. The minimum absolute atomic E-state index is 0.440. The standard InChI is InChI=1S/C11H9ClO2S/c1-7-5-6-8-9(11(7)15(13)14)3-2-4-10(8)12/h2-6H,1H3,(H,13,14). The summed E-state index contributed by atoms with van der Waals surface area (Å²) in [4.78, 5) is 0.440. The summed E-state index contributed by atoms with van der Waals surface area (Å²) in [5.41, 5.74) is 0.797. The first-order valence-electron chi connectivity index (χ1n) is 4.40. The molecule has 0 aliphatic heterocycles. The van der Waals surface area contributed by atoms with Crippen molar-refractivity contribution in [1.29, 1.82) is 0 Å². The van der Waals surface area contributed by atoms with Crippen LogP contribution in [0.3, 0.4) is 0 Å². The lowest BCUT2D eigenvalue weighted by Gasteiger charge is -2.07. The zero-order valence-electron chi connectivity index (χ0n) is 8.03. The molecule has 2 rings (SSSR count). The van der Waals surface area contributed by atoms with Crippen LogP contribution < -0.4 is 0 Å². The second-order valence-corrected chi connectivity index (χ2v) is 4.61. The molecule has 2 aromatic rings. The second-order valence-electron chi connectivity index (χ2n) is 3.30. The zero-order valence-corrected chi connectivity index (χ0v) is 9.60. The molecule has 1 atom stereocenters. The van der Waals surface area contributed by atoms with E-state index in [2.05, 4.69) is 0 Å². The third kappa shape index (κ3) is 1.78. The number of fused-ring (bicyclic) bond motifs is 1. The summed E-state index contributed by atoms with van der Waals surface area (Å²) >= 11 is 4.02. The fourth-order valence-electron chi connectivity index (χ4n) is 1.63. The van der Waals surface area contributed by atoms with E-state index >= 15 is 0 Å². The Labute approximate surface area is 95.2 Å². The molecule has 0 aromatic heterocycles. The topological polar surface area (TPSA) is 37.3 Å². The summed E-state index contributed by atoms with van der Waals surface area (Å²) in [6.07, 6.45) is 0. The van der Waals surface area contributed by atoms with Crippen molar-refractivity contribution in [3.05, 3.63) is 40.9 Å². The van der Waals surface area contributed by atoms with Crippen LogP contribution in [0.5, 0.6) is 0 Å². The summed E-state index contributed by atoms with van der Waals surface area (Å²) < 4.78 is 20.4. The number of hydrogen-bond donors (Lipinski definition) is 1. The summed E-state index contributed by atoms with van der Waals surface area (Å²) in [5, 5.41) is 2.14. The van der Waals surface area contributed by atoms with E-state index in [0.717, 1.165) is 16.3 Å². The van der Waals surface area contributed by atoms with Gasteiger partial charge in [-0.05, 0) is 18.6 Å². The van der Waals surface area contributed by atoms with Crippen molar-refractivity contribution in [2.45, 2.75) is 11.8 Å². The van der Waals surface area contributed by atoms with Crippen LogP contribution in [0, 0.1) is 6.92 Å². The number of benzene rings is 2. The smallest absolute Gasteiger partial charge is 0.187 e. The summed E-state index contributed by atoms with van der Waals surface area (Å²) in [7, 11) is 0. The molecular formula is C11H9ClO2S. The van der Waals surface area contributed by atoms with Crippen LogP contribution in [0.1, 0.15) is 5.56 Å². The molecule has 2 aromatic carbocycles. The van der Waals surface area contributed by atoms with E-state index < -0.39 is 11.1 Å². The van der Waals surface area contributed by atoms with Gasteiger partial charge in [0.05, 0.1) is 4.90 Å². The quantitative estimate of drug-likeness (QED) is 0.776. The van der Waals surface area contributed by atoms with Crippen molar-refractivity contribution in [1.82, 2.24) is 0 Å². The highest BCUT2D eigenvalue weighted by molar-refractivity contribution is 7.79. The highest BCUT2D eigenvalue weighted by Gasteiger charge is 2.10. The molecule has 0 spiro atoms. The molecule has 15 heavy (non-hydrogen) atoms. The predicted octanol–water partition coefficient (Wildman–Crippen LogP) is 3.38. The Morgan fingerprint density at radius 2 is 1.93 bits per heavy atom. The maximum absolute atomic E-state index is 11.2. The Morgan fingerprint density at radius 1 is 1.20 bits per heavy atom. The van der Waals surface area contributed by atoms with Gasteiger partial charge in [0.15, 0.2) is 11.1 Å². The van der Waals surface area contributed by atoms with Crippen LogP contribution in [0.4, 0.5) is 0 Å². The Kier molecular flexibility index (Phi) is 2.78. The Bertz CT molecular complexity index is 552. The van der Waals surface area contributed by atoms with Gasteiger partial charge in [0, 0.05) is 15.8 Å². The first-order valence-corrected chi connectivity index (χ1v) is 5.88. The zero-order chi connectivity index (χ0) is 11.0. The average Bonchev–Trinajstić information content (AvgIpc) is 2.17. The predicted molar refractivity (Wildman–Crippen MR) is 62.7 cm³/mol. The normalized spacial score (nSPS) is 13.0. The van der Waals surface area contributed by atoms with Crippen molar-refractivity contribution >= 4 is 33.5 Å². The lowest BCUT2D eigenvalue weighted by atomic mass is 10.1. The van der Waals surface area contributed by atoms with E-state index in [1.807, 2.05) is 13.0 Å². The lowest BCUT2D eigenvalue weighted by molar-refractivity contribution is 0.565. The molecule has 0 fully saturated rings. The minimum Gasteiger partial charge on any atom is -0.302 e. The first-order chi connectivity index (χ1) is 7.11. The van der Waals surface area contributed by atoms with Crippen LogP contribution in [-0.2, 0) is 11.1 Å². The van der Waals surface area contributed by atoms with E-state index in [0.29, 0.717) is 9.92 Å². The summed E-state index contributed by atoms with van der Waals surface area (Å²) in [6, 6.07) is 9.02. The molecule has 2 nitrogen and oxygen atoms in total. The molecule has 0 amide bonds. The van der Waals surface area contributed by atoms with Gasteiger partial charge in [-0.15, -0.1) is 0 Å². The van der Waals surface area contributed by atoms with Gasteiger partial charge in [-0.3, -0.25) is 0 Å². The number of hydrogen-bond acceptors (Lipinski definition) is 1. The van der Waals surface area contributed by atoms with E-state index in [1.54, 1.807) is 24.3 Å². The van der Waals surface area contributed by atoms with E-state index in [1.165, 1.54) is 0 Å². The Morgan fingerprint density at radius 3 is 2.60 bits per heavy atom. The van der Waals surface area contributed by atoms with Crippen molar-refractivity contribution < 1.29 is 8.76 Å². The van der Waals surface area contributed by atoms with Gasteiger partial charge >= 0.3 is 0 Å². The maximum Gasteiger partial charge on any atom is 0.187 e. The SMILES string of the molecule is Cc1ccc2c(Cl)cccc2c1S(=O)O. The summed E-state index contributed by atoms with van der Waals surface area (Å²) in [5.74, 6) is 0. The molecule has 0 saturated heterocycles. The van der Waals surface area contributed by atoms with Crippen LogP contribution in [-0.4, -0.2) is 8.76 Å². The second kappa shape index (κ2) is 3.93. The lowest BCUT2D eigenvalue weighted by Crippen LogP contribution is -1.94. The van der Waals surface area contributed by atoms with Crippen molar-refractivity contribution in [3.8, 4) is 0 Å². The number of halogens is 1. The van der Waals surface area contributed by atoms with E-state index in [9.17, 15) is 8.76 Å². The minimum atomic E-state index is -1.98. The Balaban J connectivity index is 2.94. The molecule has 0 bridgehead atoms. The van der Waals surface area contributed by atoms with Gasteiger partial charge in [0.25, 0.3) is 0 Å². The average molecular weight is 241 g/mol. The number of rotatable bonds is 1. The monoisotopic (exact) mass is 240 g/mol. The molecule has 0 aliphatic rings. The van der Waals surface area contributed by atoms with Crippen molar-refractivity contribution in [2.24, 2.45) is 0 Å². The van der Waals surface area contributed by atoms with Gasteiger partial charge in [-0.1, -0.05) is 35.9 Å². The van der Waals surface area contributed by atoms with Crippen molar-refractivity contribution in [3.63, 3.8) is 0 Å². The number of aryl methyl sites for hydroxylation is 1. The van der Waals surface area contributed by atoms with Crippen molar-refractivity contribution in [2.75, 3.05) is 0 Å². The van der Waals surface area contributed by atoms with Gasteiger partial charge in [0.1, 0.15) is 0 Å². The van der Waals surface area contributed by atoms with Gasteiger partial charge in [-0.25, -0.2) is 4.21 Å². The van der Waals surface area contributed by atoms with E-state index in [-0.39, 0.29) is 0 Å². The molecule has 1 unspecified atom stereocenters. The molecule has 78 valence electrons. The van der Waals surface area contributed by atoms with Gasteiger partial charge in [-0.2, -0.15) is 0 Å². The largest absolute Gasteiger partial charge is 0.302 e. The van der Waals surface area contributed by atoms with Gasteiger partial charge in [0.2, 0.25) is 0 Å². The maximum atomic E-state index is 11.2. The highest BCUT2D eigenvalue weighted by atomic mass is 35.5. The third-order valence-electron chi connectivity index (χ3n) is 2.33. The van der Waals surface area contributed by atoms with Crippen LogP contribution in [0.25, 0.3) is 10.8 Å². The first kappa shape index (κ1) is 10.6. The van der Waals surface area contributed by atoms with Crippen LogP contribution in [0.15, 0.2) is 35.2 Å². The molecule has 0 heterocycles. The Hall–Kier alpha value is -0.900. The third-order valence-corrected chi connectivity index (χ3v) is 3.55. The molecule has 0 aliphatic carbocycles. The van der Waals surface area contributed by atoms with E-state index in [4.69, 9.17) is 11.6 Å². The molecule has 1 N–H and O–H groups in total. The fourth-order valence-corrected chi connectivity index (χ4v) is 2.58. The van der Waals surface area contributed by atoms with Crippen LogP contribution in [0.2, 0.25) is 5.02 Å². The van der Waals surface area contributed by atoms with Gasteiger partial charge < -0.3 is 4.55 Å². The highest BCUT2D eigenvalue weighted by Crippen LogP contribution is 2.29. The fraction of sp³-hybridized carbons (Fsp3) is 0.0909. The van der Waals surface area contributed by atoms with Crippen LogP contribution >= 0.6 is 11.6 Å². The molecular weight excluding hydrogens is 232 g/mol.